The number of carbonyl (C=O) groups is 1. The Bertz CT molecular complexity index is 411. The van der Waals surface area contributed by atoms with E-state index in [0.29, 0.717) is 10.6 Å². The number of halogens is 1. The molecule has 0 aromatic carbocycles. The van der Waals surface area contributed by atoms with Gasteiger partial charge in [0.15, 0.2) is 0 Å². The standard InChI is InChI=1S/C9H10ClNO3/c1-11-5-7(10)4-6(9(11)14)2-3-8(12)13/h4-5H,2-3H2,1H3,(H,12,13). The van der Waals surface area contributed by atoms with E-state index >= 15 is 0 Å². The number of carboxylic acids is 1. The highest BCUT2D eigenvalue weighted by atomic mass is 35.5. The Hall–Kier alpha value is -1.29. The lowest BCUT2D eigenvalue weighted by molar-refractivity contribution is -0.136. The maximum Gasteiger partial charge on any atom is 0.303 e. The summed E-state index contributed by atoms with van der Waals surface area (Å²) >= 11 is 5.73. The molecule has 0 spiro atoms. The van der Waals surface area contributed by atoms with Crippen LogP contribution < -0.4 is 5.56 Å². The van der Waals surface area contributed by atoms with Crippen molar-refractivity contribution in [2.75, 3.05) is 0 Å². The first-order valence-corrected chi connectivity index (χ1v) is 4.45. The number of hydrogen-bond acceptors (Lipinski definition) is 2. The lowest BCUT2D eigenvalue weighted by atomic mass is 10.1. The van der Waals surface area contributed by atoms with Gasteiger partial charge in [0, 0.05) is 25.2 Å². The molecule has 0 aliphatic carbocycles. The molecule has 1 N–H and O–H groups in total. The van der Waals surface area contributed by atoms with Crippen LogP contribution in [0.1, 0.15) is 12.0 Å². The average Bonchev–Trinajstić information content (AvgIpc) is 2.08. The molecular formula is C9H10ClNO3. The van der Waals surface area contributed by atoms with Crippen LogP contribution in [0.5, 0.6) is 0 Å². The first-order chi connectivity index (χ1) is 6.50. The minimum atomic E-state index is -0.924. The van der Waals surface area contributed by atoms with Crippen LogP contribution in [-0.4, -0.2) is 15.6 Å². The van der Waals surface area contributed by atoms with E-state index in [-0.39, 0.29) is 18.4 Å². The highest BCUT2D eigenvalue weighted by molar-refractivity contribution is 6.30. The van der Waals surface area contributed by atoms with Crippen LogP contribution in [0, 0.1) is 0 Å². The molecule has 0 fully saturated rings. The molecule has 0 bridgehead atoms. The molecule has 0 atom stereocenters. The van der Waals surface area contributed by atoms with Crippen molar-refractivity contribution < 1.29 is 9.90 Å². The minimum absolute atomic E-state index is 0.0599. The molecule has 76 valence electrons. The smallest absolute Gasteiger partial charge is 0.303 e. The van der Waals surface area contributed by atoms with Gasteiger partial charge in [-0.25, -0.2) is 0 Å². The average molecular weight is 216 g/mol. The Morgan fingerprint density at radius 1 is 1.64 bits per heavy atom. The van der Waals surface area contributed by atoms with Gasteiger partial charge in [-0.2, -0.15) is 0 Å². The third-order valence-corrected chi connectivity index (χ3v) is 2.04. The Balaban J connectivity index is 2.97. The van der Waals surface area contributed by atoms with E-state index in [0.717, 1.165) is 0 Å². The van der Waals surface area contributed by atoms with Gasteiger partial charge in [-0.05, 0) is 12.5 Å². The van der Waals surface area contributed by atoms with Crippen LogP contribution >= 0.6 is 11.6 Å². The summed E-state index contributed by atoms with van der Waals surface area (Å²) in [7, 11) is 1.58. The van der Waals surface area contributed by atoms with E-state index in [1.807, 2.05) is 0 Å². The Morgan fingerprint density at radius 3 is 2.86 bits per heavy atom. The molecule has 14 heavy (non-hydrogen) atoms. The van der Waals surface area contributed by atoms with E-state index in [4.69, 9.17) is 16.7 Å². The number of pyridine rings is 1. The van der Waals surface area contributed by atoms with Crippen molar-refractivity contribution in [3.63, 3.8) is 0 Å². The third-order valence-electron chi connectivity index (χ3n) is 1.83. The van der Waals surface area contributed by atoms with Crippen molar-refractivity contribution in [3.05, 3.63) is 33.2 Å². The lowest BCUT2D eigenvalue weighted by Gasteiger charge is -2.02. The van der Waals surface area contributed by atoms with Crippen LogP contribution in [0.3, 0.4) is 0 Å². The van der Waals surface area contributed by atoms with Crippen LogP contribution in [0.25, 0.3) is 0 Å². The highest BCUT2D eigenvalue weighted by Crippen LogP contribution is 2.08. The second-order valence-corrected chi connectivity index (χ2v) is 3.43. The van der Waals surface area contributed by atoms with Gasteiger partial charge >= 0.3 is 5.97 Å². The number of rotatable bonds is 3. The third kappa shape index (κ3) is 2.60. The van der Waals surface area contributed by atoms with Crippen molar-refractivity contribution in [1.29, 1.82) is 0 Å². The quantitative estimate of drug-likeness (QED) is 0.820. The molecular weight excluding hydrogens is 206 g/mol. The van der Waals surface area contributed by atoms with Gasteiger partial charge in [-0.1, -0.05) is 11.6 Å². The van der Waals surface area contributed by atoms with Crippen LogP contribution in [0.15, 0.2) is 17.1 Å². The number of aryl methyl sites for hydroxylation is 2. The second kappa shape index (κ2) is 4.28. The Labute approximate surface area is 85.7 Å². The maximum absolute atomic E-state index is 11.4. The summed E-state index contributed by atoms with van der Waals surface area (Å²) in [5.74, 6) is -0.924. The zero-order valence-corrected chi connectivity index (χ0v) is 8.41. The summed E-state index contributed by atoms with van der Waals surface area (Å²) in [6.45, 7) is 0. The summed E-state index contributed by atoms with van der Waals surface area (Å²) < 4.78 is 1.35. The number of nitrogens with zero attached hydrogens (tertiary/aromatic N) is 1. The highest BCUT2D eigenvalue weighted by Gasteiger charge is 2.05. The molecule has 4 nitrogen and oxygen atoms in total. The van der Waals surface area contributed by atoms with E-state index < -0.39 is 5.97 Å². The van der Waals surface area contributed by atoms with Crippen molar-refractivity contribution in [3.8, 4) is 0 Å². The molecule has 1 heterocycles. The van der Waals surface area contributed by atoms with E-state index in [1.54, 1.807) is 7.05 Å². The van der Waals surface area contributed by atoms with Crippen LogP contribution in [0.2, 0.25) is 5.02 Å². The fourth-order valence-corrected chi connectivity index (χ4v) is 1.43. The zero-order valence-electron chi connectivity index (χ0n) is 7.66. The van der Waals surface area contributed by atoms with Gasteiger partial charge in [-0.15, -0.1) is 0 Å². The SMILES string of the molecule is Cn1cc(Cl)cc(CCC(=O)O)c1=O. The molecule has 0 aliphatic heterocycles. The van der Waals surface area contributed by atoms with Crippen molar-refractivity contribution in [2.45, 2.75) is 12.8 Å². The monoisotopic (exact) mass is 215 g/mol. The zero-order chi connectivity index (χ0) is 10.7. The Morgan fingerprint density at radius 2 is 2.29 bits per heavy atom. The van der Waals surface area contributed by atoms with Crippen LogP contribution in [0.4, 0.5) is 0 Å². The van der Waals surface area contributed by atoms with E-state index in [2.05, 4.69) is 0 Å². The van der Waals surface area contributed by atoms with E-state index in [9.17, 15) is 9.59 Å². The van der Waals surface area contributed by atoms with E-state index in [1.165, 1.54) is 16.8 Å². The normalized spacial score (nSPS) is 10.1. The maximum atomic E-state index is 11.4. The van der Waals surface area contributed by atoms with Gasteiger partial charge in [0.1, 0.15) is 0 Å². The first kappa shape index (κ1) is 10.8. The molecule has 5 heteroatoms. The largest absolute Gasteiger partial charge is 0.481 e. The summed E-state index contributed by atoms with van der Waals surface area (Å²) in [6, 6.07) is 1.51. The molecule has 0 saturated heterocycles. The number of aliphatic carboxylic acids is 1. The molecule has 0 aliphatic rings. The lowest BCUT2D eigenvalue weighted by Crippen LogP contribution is -2.20. The minimum Gasteiger partial charge on any atom is -0.481 e. The van der Waals surface area contributed by atoms with Crippen molar-refractivity contribution in [2.24, 2.45) is 7.05 Å². The topological polar surface area (TPSA) is 59.3 Å². The molecule has 0 amide bonds. The molecule has 0 unspecified atom stereocenters. The number of aromatic nitrogens is 1. The predicted octanol–water partition coefficient (Wildman–Crippen LogP) is 1.06. The molecule has 0 saturated carbocycles. The summed E-state index contributed by atoms with van der Waals surface area (Å²) in [5, 5.41) is 8.90. The summed E-state index contributed by atoms with van der Waals surface area (Å²) in [6.07, 6.45) is 1.65. The van der Waals surface area contributed by atoms with Gasteiger partial charge in [0.2, 0.25) is 0 Å². The predicted molar refractivity (Wildman–Crippen MR) is 52.6 cm³/mol. The van der Waals surface area contributed by atoms with Gasteiger partial charge in [-0.3, -0.25) is 9.59 Å². The van der Waals surface area contributed by atoms with Crippen molar-refractivity contribution >= 4 is 17.6 Å². The van der Waals surface area contributed by atoms with Gasteiger partial charge in [0.25, 0.3) is 5.56 Å². The van der Waals surface area contributed by atoms with Gasteiger partial charge < -0.3 is 9.67 Å². The first-order valence-electron chi connectivity index (χ1n) is 4.07. The number of carboxylic acid groups (broad SMARTS) is 1. The van der Waals surface area contributed by atoms with Crippen molar-refractivity contribution in [1.82, 2.24) is 4.57 Å². The van der Waals surface area contributed by atoms with Gasteiger partial charge in [0.05, 0.1) is 5.02 Å². The summed E-state index contributed by atoms with van der Waals surface area (Å²) in [4.78, 5) is 21.8. The molecule has 1 aromatic heterocycles. The summed E-state index contributed by atoms with van der Waals surface area (Å²) in [5.41, 5.74) is 0.234. The Kier molecular flexibility index (Phi) is 3.30. The van der Waals surface area contributed by atoms with Crippen LogP contribution in [-0.2, 0) is 18.3 Å². The molecule has 1 aromatic rings. The fraction of sp³-hybridized carbons (Fsp3) is 0.333. The number of hydrogen-bond donors (Lipinski definition) is 1. The fourth-order valence-electron chi connectivity index (χ4n) is 1.16. The molecule has 1 rings (SSSR count). The molecule has 0 radical (unpaired) electrons. The second-order valence-electron chi connectivity index (χ2n) is 2.99.